The van der Waals surface area contributed by atoms with Crippen LogP contribution >= 0.6 is 0 Å². The van der Waals surface area contributed by atoms with Crippen LogP contribution in [0.25, 0.3) is 0 Å². The Labute approximate surface area is 140 Å². The first-order chi connectivity index (χ1) is 10.9. The Morgan fingerprint density at radius 3 is 2.26 bits per heavy atom. The van der Waals surface area contributed by atoms with E-state index in [0.29, 0.717) is 11.7 Å². The summed E-state index contributed by atoms with van der Waals surface area (Å²) in [5.41, 5.74) is 4.44. The second kappa shape index (κ2) is 6.01. The fourth-order valence-corrected chi connectivity index (χ4v) is 4.39. The van der Waals surface area contributed by atoms with Gasteiger partial charge in [0.05, 0.1) is 0 Å². The molecule has 1 aromatic rings. The van der Waals surface area contributed by atoms with Gasteiger partial charge in [-0.05, 0) is 76.2 Å². The van der Waals surface area contributed by atoms with Crippen LogP contribution in [0.3, 0.4) is 0 Å². The molecule has 1 fully saturated rings. The molecule has 0 amide bonds. The third-order valence-electron chi connectivity index (χ3n) is 6.25. The minimum Gasteiger partial charge on any atom is -0.507 e. The number of phenols is 1. The van der Waals surface area contributed by atoms with Crippen molar-refractivity contribution in [3.05, 3.63) is 22.3 Å². The molecule has 0 aromatic heterocycles. The SMILES string of the molecule is CCN(CC)CC1CC2(CCC2)Oc2c(C)c(C)c(O)c(C)c21. The third-order valence-corrected chi connectivity index (χ3v) is 6.25. The van der Waals surface area contributed by atoms with E-state index in [1.54, 1.807) is 0 Å². The summed E-state index contributed by atoms with van der Waals surface area (Å²) in [5, 5.41) is 10.5. The summed E-state index contributed by atoms with van der Waals surface area (Å²) in [6.07, 6.45) is 4.74. The van der Waals surface area contributed by atoms with Crippen LogP contribution in [-0.4, -0.2) is 35.2 Å². The highest BCUT2D eigenvalue weighted by Gasteiger charge is 2.47. The number of ether oxygens (including phenoxy) is 1. The summed E-state index contributed by atoms with van der Waals surface area (Å²) < 4.78 is 6.55. The molecule has 0 bridgehead atoms. The van der Waals surface area contributed by atoms with Gasteiger partial charge in [0.1, 0.15) is 17.1 Å². The highest BCUT2D eigenvalue weighted by Crippen LogP contribution is 2.53. The van der Waals surface area contributed by atoms with Gasteiger partial charge in [0.2, 0.25) is 0 Å². The van der Waals surface area contributed by atoms with Crippen molar-refractivity contribution < 1.29 is 9.84 Å². The number of aromatic hydroxyl groups is 1. The van der Waals surface area contributed by atoms with Gasteiger partial charge in [0.15, 0.2) is 0 Å². The zero-order valence-corrected chi connectivity index (χ0v) is 15.3. The van der Waals surface area contributed by atoms with Crippen LogP contribution in [0.4, 0.5) is 0 Å². The molecule has 1 saturated carbocycles. The first-order valence-corrected chi connectivity index (χ1v) is 9.16. The van der Waals surface area contributed by atoms with Gasteiger partial charge >= 0.3 is 0 Å². The number of nitrogens with zero attached hydrogens (tertiary/aromatic N) is 1. The topological polar surface area (TPSA) is 32.7 Å². The molecule has 1 atom stereocenters. The lowest BCUT2D eigenvalue weighted by Gasteiger charge is -2.49. The summed E-state index contributed by atoms with van der Waals surface area (Å²) in [5.74, 6) is 1.99. The first-order valence-electron chi connectivity index (χ1n) is 9.16. The number of hydrogen-bond acceptors (Lipinski definition) is 3. The summed E-state index contributed by atoms with van der Waals surface area (Å²) in [6, 6.07) is 0. The van der Waals surface area contributed by atoms with Crippen molar-refractivity contribution in [2.45, 2.75) is 71.8 Å². The molecular weight excluding hydrogens is 286 g/mol. The predicted molar refractivity (Wildman–Crippen MR) is 94.7 cm³/mol. The van der Waals surface area contributed by atoms with Gasteiger partial charge in [-0.3, -0.25) is 0 Å². The summed E-state index contributed by atoms with van der Waals surface area (Å²) >= 11 is 0. The quantitative estimate of drug-likeness (QED) is 0.890. The molecule has 1 aliphatic carbocycles. The number of phenolic OH excluding ortho intramolecular Hbond substituents is 1. The third kappa shape index (κ3) is 2.63. The summed E-state index contributed by atoms with van der Waals surface area (Å²) in [6.45, 7) is 13.8. The van der Waals surface area contributed by atoms with Crippen LogP contribution in [0.1, 0.15) is 67.7 Å². The Balaban J connectivity index is 2.08. The lowest BCUT2D eigenvalue weighted by Crippen LogP contribution is -2.49. The van der Waals surface area contributed by atoms with Crippen molar-refractivity contribution in [1.82, 2.24) is 4.90 Å². The largest absolute Gasteiger partial charge is 0.507 e. The molecule has 1 N–H and O–H groups in total. The van der Waals surface area contributed by atoms with E-state index in [1.165, 1.54) is 24.8 Å². The highest BCUT2D eigenvalue weighted by atomic mass is 16.5. The molecule has 1 spiro atoms. The van der Waals surface area contributed by atoms with Crippen molar-refractivity contribution in [1.29, 1.82) is 0 Å². The molecule has 128 valence electrons. The van der Waals surface area contributed by atoms with E-state index >= 15 is 0 Å². The zero-order valence-electron chi connectivity index (χ0n) is 15.3. The number of fused-ring (bicyclic) bond motifs is 1. The molecule has 0 radical (unpaired) electrons. The molecule has 3 rings (SSSR count). The van der Waals surface area contributed by atoms with Crippen molar-refractivity contribution >= 4 is 0 Å². The van der Waals surface area contributed by atoms with Crippen LogP contribution in [-0.2, 0) is 0 Å². The van der Waals surface area contributed by atoms with E-state index in [9.17, 15) is 5.11 Å². The number of likely N-dealkylation sites (N-methyl/N-ethyl adjacent to an activating group) is 1. The second-order valence-electron chi connectivity index (χ2n) is 7.49. The molecule has 23 heavy (non-hydrogen) atoms. The van der Waals surface area contributed by atoms with Crippen molar-refractivity contribution in [3.8, 4) is 11.5 Å². The van der Waals surface area contributed by atoms with E-state index in [2.05, 4.69) is 32.6 Å². The van der Waals surface area contributed by atoms with Crippen molar-refractivity contribution in [3.63, 3.8) is 0 Å². The van der Waals surface area contributed by atoms with Gasteiger partial charge < -0.3 is 14.7 Å². The minimum absolute atomic E-state index is 0.0609. The molecule has 1 aliphatic heterocycles. The summed E-state index contributed by atoms with van der Waals surface area (Å²) in [4.78, 5) is 2.50. The van der Waals surface area contributed by atoms with E-state index in [-0.39, 0.29) is 5.60 Å². The lowest BCUT2D eigenvalue weighted by atomic mass is 9.69. The van der Waals surface area contributed by atoms with Crippen LogP contribution < -0.4 is 4.74 Å². The molecule has 0 saturated heterocycles. The average molecular weight is 317 g/mol. The van der Waals surface area contributed by atoms with Crippen LogP contribution in [0.15, 0.2) is 0 Å². The maximum Gasteiger partial charge on any atom is 0.127 e. The van der Waals surface area contributed by atoms with Crippen LogP contribution in [0.5, 0.6) is 11.5 Å². The maximum absolute atomic E-state index is 10.5. The molecule has 3 nitrogen and oxygen atoms in total. The van der Waals surface area contributed by atoms with Crippen LogP contribution in [0.2, 0.25) is 0 Å². The minimum atomic E-state index is 0.0609. The van der Waals surface area contributed by atoms with Crippen molar-refractivity contribution in [2.75, 3.05) is 19.6 Å². The Morgan fingerprint density at radius 1 is 1.09 bits per heavy atom. The molecule has 1 aromatic carbocycles. The monoisotopic (exact) mass is 317 g/mol. The number of benzene rings is 1. The Hall–Kier alpha value is -1.22. The van der Waals surface area contributed by atoms with E-state index in [4.69, 9.17) is 4.74 Å². The van der Waals surface area contributed by atoms with Gasteiger partial charge in [-0.1, -0.05) is 13.8 Å². The molecule has 3 heteroatoms. The number of hydrogen-bond donors (Lipinski definition) is 1. The Kier molecular flexibility index (Phi) is 4.35. The van der Waals surface area contributed by atoms with E-state index in [1.807, 2.05) is 6.92 Å². The fourth-order valence-electron chi connectivity index (χ4n) is 4.39. The number of rotatable bonds is 4. The summed E-state index contributed by atoms with van der Waals surface area (Å²) in [7, 11) is 0. The van der Waals surface area contributed by atoms with Gasteiger partial charge in [0, 0.05) is 18.0 Å². The molecular formula is C20H31NO2. The lowest BCUT2D eigenvalue weighted by molar-refractivity contribution is -0.0372. The fraction of sp³-hybridized carbons (Fsp3) is 0.700. The van der Waals surface area contributed by atoms with Gasteiger partial charge in [-0.15, -0.1) is 0 Å². The second-order valence-corrected chi connectivity index (χ2v) is 7.49. The molecule has 1 unspecified atom stereocenters. The molecule has 1 heterocycles. The maximum atomic E-state index is 10.5. The van der Waals surface area contributed by atoms with Crippen molar-refractivity contribution in [2.24, 2.45) is 0 Å². The Morgan fingerprint density at radius 2 is 1.74 bits per heavy atom. The average Bonchev–Trinajstić information content (AvgIpc) is 2.53. The Bertz CT molecular complexity index is 600. The standard InChI is InChI=1S/C20H31NO2/c1-6-21(7-2)12-16-11-20(9-8-10-20)23-19-14(4)13(3)18(22)15(5)17(16)19/h16,22H,6-12H2,1-5H3. The van der Waals surface area contributed by atoms with E-state index in [0.717, 1.165) is 48.5 Å². The first kappa shape index (κ1) is 16.6. The normalized spacial score (nSPS) is 21.9. The van der Waals surface area contributed by atoms with Crippen LogP contribution in [0, 0.1) is 20.8 Å². The van der Waals surface area contributed by atoms with Gasteiger partial charge in [-0.2, -0.15) is 0 Å². The zero-order chi connectivity index (χ0) is 16.8. The smallest absolute Gasteiger partial charge is 0.127 e. The predicted octanol–water partition coefficient (Wildman–Crippen LogP) is 4.45. The van der Waals surface area contributed by atoms with Gasteiger partial charge in [0.25, 0.3) is 0 Å². The van der Waals surface area contributed by atoms with Gasteiger partial charge in [-0.25, -0.2) is 0 Å². The van der Waals surface area contributed by atoms with E-state index < -0.39 is 0 Å². The molecule has 2 aliphatic rings. The highest BCUT2D eigenvalue weighted by molar-refractivity contribution is 5.60.